The fourth-order valence-corrected chi connectivity index (χ4v) is 7.56. The van der Waals surface area contributed by atoms with Gasteiger partial charge in [-0.05, 0) is 98.1 Å². The molecule has 5 rings (SSSR count). The van der Waals surface area contributed by atoms with Crippen LogP contribution >= 0.6 is 0 Å². The van der Waals surface area contributed by atoms with E-state index in [1.54, 1.807) is 5.56 Å². The fourth-order valence-electron chi connectivity index (χ4n) is 7.56. The second kappa shape index (κ2) is 11.4. The van der Waals surface area contributed by atoms with Gasteiger partial charge in [0.25, 0.3) is 0 Å². The van der Waals surface area contributed by atoms with Gasteiger partial charge in [0.1, 0.15) is 5.75 Å². The average molecular weight is 439 g/mol. The predicted octanol–water partition coefficient (Wildman–Crippen LogP) is 9.62. The quantitative estimate of drug-likeness (QED) is 0.295. The Kier molecular flexibility index (Phi) is 8.63. The Morgan fingerprint density at radius 1 is 0.719 bits per heavy atom. The molecule has 0 aromatic heterocycles. The maximum absolute atomic E-state index is 6.15. The Morgan fingerprint density at radius 2 is 1.31 bits per heavy atom. The SMILES string of the molecule is CCCCC[C@H]1CC[C@H](CCCOc2ccc(C34CCC(CCC)(CC3)CC4)cc2)CC1. The summed E-state index contributed by atoms with van der Waals surface area (Å²) in [5.74, 6) is 3.07. The van der Waals surface area contributed by atoms with Crippen molar-refractivity contribution in [3.63, 3.8) is 0 Å². The van der Waals surface area contributed by atoms with E-state index in [9.17, 15) is 0 Å². The zero-order valence-corrected chi connectivity index (χ0v) is 21.3. The number of unbranched alkanes of at least 4 members (excludes halogenated alkanes) is 2. The van der Waals surface area contributed by atoms with Crippen LogP contribution in [-0.4, -0.2) is 6.61 Å². The molecule has 0 spiro atoms. The first-order valence-electron chi connectivity index (χ1n) is 14.4. The number of rotatable bonds is 12. The standard InChI is InChI=1S/C31H50O/c1-3-5-6-8-26-10-12-27(13-11-26)9-7-25-32-29-16-14-28(15-17-29)31-22-19-30(18-4-2,20-23-31)21-24-31/h14-17,26-27H,3-13,18-25H2,1-2H3/t26-,27-,30?,31?. The summed E-state index contributed by atoms with van der Waals surface area (Å²) in [6.45, 7) is 5.57. The van der Waals surface area contributed by atoms with Crippen molar-refractivity contribution in [2.24, 2.45) is 17.3 Å². The molecular weight excluding hydrogens is 388 g/mol. The van der Waals surface area contributed by atoms with Gasteiger partial charge in [0.2, 0.25) is 0 Å². The Hall–Kier alpha value is -0.980. The molecule has 0 aliphatic heterocycles. The topological polar surface area (TPSA) is 9.23 Å². The highest BCUT2D eigenvalue weighted by Gasteiger charge is 2.48. The fraction of sp³-hybridized carbons (Fsp3) is 0.806. The van der Waals surface area contributed by atoms with Crippen LogP contribution in [0.15, 0.2) is 24.3 Å². The second-order valence-corrected chi connectivity index (χ2v) is 11.9. The molecule has 1 aromatic rings. The number of hydrogen-bond acceptors (Lipinski definition) is 1. The van der Waals surface area contributed by atoms with Crippen LogP contribution in [0.3, 0.4) is 0 Å². The van der Waals surface area contributed by atoms with Crippen molar-refractivity contribution in [1.82, 2.24) is 0 Å². The summed E-state index contributed by atoms with van der Waals surface area (Å²) < 4.78 is 6.15. The average Bonchev–Trinajstić information content (AvgIpc) is 2.84. The molecular formula is C31H50O. The molecule has 0 radical (unpaired) electrons. The van der Waals surface area contributed by atoms with E-state index in [4.69, 9.17) is 4.74 Å². The van der Waals surface area contributed by atoms with Gasteiger partial charge in [-0.25, -0.2) is 0 Å². The van der Waals surface area contributed by atoms with Crippen LogP contribution in [-0.2, 0) is 5.41 Å². The van der Waals surface area contributed by atoms with Crippen molar-refractivity contribution in [2.75, 3.05) is 6.61 Å². The molecule has 0 heterocycles. The van der Waals surface area contributed by atoms with Crippen LogP contribution < -0.4 is 4.74 Å². The highest BCUT2D eigenvalue weighted by molar-refractivity contribution is 5.34. The van der Waals surface area contributed by atoms with Gasteiger partial charge >= 0.3 is 0 Å². The molecule has 0 unspecified atom stereocenters. The highest BCUT2D eigenvalue weighted by Crippen LogP contribution is 2.59. The van der Waals surface area contributed by atoms with Crippen molar-refractivity contribution < 1.29 is 4.74 Å². The van der Waals surface area contributed by atoms with Crippen LogP contribution in [0.5, 0.6) is 5.75 Å². The Balaban J connectivity index is 1.14. The van der Waals surface area contributed by atoms with Crippen molar-refractivity contribution in [2.45, 2.75) is 135 Å². The lowest BCUT2D eigenvalue weighted by Gasteiger charge is -2.54. The normalized spacial score (nSPS) is 32.2. The lowest BCUT2D eigenvalue weighted by Crippen LogP contribution is -2.44. The third-order valence-electron chi connectivity index (χ3n) is 9.86. The van der Waals surface area contributed by atoms with Gasteiger partial charge in [-0.3, -0.25) is 0 Å². The van der Waals surface area contributed by atoms with E-state index >= 15 is 0 Å². The predicted molar refractivity (Wildman–Crippen MR) is 137 cm³/mol. The molecule has 0 saturated heterocycles. The molecule has 4 aliphatic rings. The van der Waals surface area contributed by atoms with Crippen molar-refractivity contribution in [3.8, 4) is 5.75 Å². The Bertz CT molecular complexity index is 642. The summed E-state index contributed by atoms with van der Waals surface area (Å²) in [7, 11) is 0. The molecule has 0 amide bonds. The van der Waals surface area contributed by atoms with E-state index in [0.29, 0.717) is 10.8 Å². The minimum Gasteiger partial charge on any atom is -0.494 e. The van der Waals surface area contributed by atoms with Gasteiger partial charge in [-0.1, -0.05) is 83.8 Å². The van der Waals surface area contributed by atoms with Gasteiger partial charge in [0.15, 0.2) is 0 Å². The van der Waals surface area contributed by atoms with E-state index in [-0.39, 0.29) is 0 Å². The minimum absolute atomic E-state index is 0.476. The molecule has 4 fully saturated rings. The highest BCUT2D eigenvalue weighted by atomic mass is 16.5. The van der Waals surface area contributed by atoms with Crippen LogP contribution in [0.2, 0.25) is 0 Å². The van der Waals surface area contributed by atoms with Crippen molar-refractivity contribution >= 4 is 0 Å². The molecule has 4 aliphatic carbocycles. The van der Waals surface area contributed by atoms with Gasteiger partial charge in [0, 0.05) is 0 Å². The smallest absolute Gasteiger partial charge is 0.119 e. The van der Waals surface area contributed by atoms with E-state index in [1.165, 1.54) is 116 Å². The molecule has 2 bridgehead atoms. The van der Waals surface area contributed by atoms with Gasteiger partial charge in [0.05, 0.1) is 6.61 Å². The second-order valence-electron chi connectivity index (χ2n) is 11.9. The lowest BCUT2D eigenvalue weighted by atomic mass is 9.51. The summed E-state index contributed by atoms with van der Waals surface area (Å²) in [5, 5.41) is 0. The number of hydrogen-bond donors (Lipinski definition) is 0. The van der Waals surface area contributed by atoms with E-state index in [1.807, 2.05) is 0 Å². The largest absolute Gasteiger partial charge is 0.494 e. The number of fused-ring (bicyclic) bond motifs is 3. The zero-order chi connectivity index (χ0) is 22.3. The molecule has 180 valence electrons. The molecule has 1 aromatic carbocycles. The molecule has 0 N–H and O–H groups in total. The zero-order valence-electron chi connectivity index (χ0n) is 21.3. The summed E-state index contributed by atoms with van der Waals surface area (Å²) in [6.07, 6.45) is 25.6. The van der Waals surface area contributed by atoms with Crippen LogP contribution in [0.25, 0.3) is 0 Å². The molecule has 1 nitrogen and oxygen atoms in total. The van der Waals surface area contributed by atoms with E-state index in [2.05, 4.69) is 38.1 Å². The summed E-state index contributed by atoms with van der Waals surface area (Å²) in [4.78, 5) is 0. The Labute approximate surface area is 199 Å². The summed E-state index contributed by atoms with van der Waals surface area (Å²) in [5.41, 5.74) is 2.77. The molecule has 4 saturated carbocycles. The van der Waals surface area contributed by atoms with Gasteiger partial charge in [-0.2, -0.15) is 0 Å². The molecule has 0 atom stereocenters. The van der Waals surface area contributed by atoms with E-state index < -0.39 is 0 Å². The minimum atomic E-state index is 0.476. The third-order valence-corrected chi connectivity index (χ3v) is 9.86. The van der Waals surface area contributed by atoms with Crippen molar-refractivity contribution in [1.29, 1.82) is 0 Å². The lowest BCUT2D eigenvalue weighted by molar-refractivity contribution is 0.0320. The number of ether oxygens (including phenoxy) is 1. The maximum Gasteiger partial charge on any atom is 0.119 e. The summed E-state index contributed by atoms with van der Waals surface area (Å²) >= 11 is 0. The van der Waals surface area contributed by atoms with Crippen molar-refractivity contribution in [3.05, 3.63) is 29.8 Å². The van der Waals surface area contributed by atoms with Crippen LogP contribution in [0.4, 0.5) is 0 Å². The van der Waals surface area contributed by atoms with E-state index in [0.717, 1.165) is 24.2 Å². The van der Waals surface area contributed by atoms with Crippen LogP contribution in [0, 0.1) is 17.3 Å². The molecule has 1 heteroatoms. The maximum atomic E-state index is 6.15. The molecule has 32 heavy (non-hydrogen) atoms. The first kappa shape index (κ1) is 24.2. The monoisotopic (exact) mass is 438 g/mol. The Morgan fingerprint density at radius 3 is 1.88 bits per heavy atom. The third kappa shape index (κ3) is 5.92. The van der Waals surface area contributed by atoms with Crippen LogP contribution in [0.1, 0.15) is 135 Å². The summed E-state index contributed by atoms with van der Waals surface area (Å²) in [6, 6.07) is 9.31. The first-order chi connectivity index (χ1) is 15.7. The van der Waals surface area contributed by atoms with Gasteiger partial charge in [-0.15, -0.1) is 0 Å². The number of benzene rings is 1. The van der Waals surface area contributed by atoms with Gasteiger partial charge < -0.3 is 4.74 Å². The first-order valence-corrected chi connectivity index (χ1v) is 14.4.